The molecule has 0 aliphatic heterocycles. The number of hydrogen-bond donors (Lipinski definition) is 2. The third-order valence-corrected chi connectivity index (χ3v) is 3.48. The Morgan fingerprint density at radius 2 is 2.12 bits per heavy atom. The molecule has 1 unspecified atom stereocenters. The molecule has 0 radical (unpaired) electrons. The van der Waals surface area contributed by atoms with E-state index in [0.29, 0.717) is 13.0 Å². The predicted octanol–water partition coefficient (Wildman–Crippen LogP) is 5.62. The summed E-state index contributed by atoms with van der Waals surface area (Å²) in [6.07, 6.45) is 10.6. The topological polar surface area (TPSA) is 33.3 Å². The fourth-order valence-corrected chi connectivity index (χ4v) is 2.23. The molecule has 2 N–H and O–H groups in total. The van der Waals surface area contributed by atoms with Crippen molar-refractivity contribution in [1.29, 1.82) is 0 Å². The quantitative estimate of drug-likeness (QED) is 0.222. The molecular weight excluding hydrogens is 320 g/mol. The van der Waals surface area contributed by atoms with Crippen molar-refractivity contribution < 1.29 is 4.74 Å². The number of hydrogen-bond acceptors (Lipinski definition) is 3. The Bertz CT molecular complexity index is 694. The summed E-state index contributed by atoms with van der Waals surface area (Å²) in [5, 5.41) is 6.62. The van der Waals surface area contributed by atoms with Gasteiger partial charge >= 0.3 is 0 Å². The molecule has 3 heteroatoms. The van der Waals surface area contributed by atoms with Gasteiger partial charge in [-0.05, 0) is 37.6 Å². The van der Waals surface area contributed by atoms with Crippen LogP contribution in [-0.4, -0.2) is 12.6 Å². The Balaban J connectivity index is 2.42. The average molecular weight is 351 g/mol. The van der Waals surface area contributed by atoms with Crippen LogP contribution in [0.1, 0.15) is 25.3 Å². The summed E-state index contributed by atoms with van der Waals surface area (Å²) in [7, 11) is 0. The number of allylic oxidation sites excluding steroid dienone is 4. The van der Waals surface area contributed by atoms with Crippen LogP contribution in [0.3, 0.4) is 0 Å². The number of nitrogens with one attached hydrogen (secondary N) is 2. The maximum atomic E-state index is 5.80. The van der Waals surface area contributed by atoms with Gasteiger partial charge < -0.3 is 15.4 Å². The summed E-state index contributed by atoms with van der Waals surface area (Å²) in [6.45, 7) is 16.2. The van der Waals surface area contributed by atoms with Crippen LogP contribution in [0.5, 0.6) is 0 Å². The molecule has 0 fully saturated rings. The van der Waals surface area contributed by atoms with Crippen LogP contribution in [0.15, 0.2) is 91.7 Å². The van der Waals surface area contributed by atoms with Crippen molar-refractivity contribution in [2.75, 3.05) is 11.9 Å². The zero-order valence-corrected chi connectivity index (χ0v) is 15.9. The van der Waals surface area contributed by atoms with Crippen LogP contribution in [0.4, 0.5) is 5.69 Å². The third-order valence-electron chi connectivity index (χ3n) is 3.48. The SMILES string of the molecule is C=C/C=C\C=C=C(CC=C)OCCC(C)NC(=C)Nc1cccc(C)c1. The second-order valence-electron chi connectivity index (χ2n) is 6.00. The largest absolute Gasteiger partial charge is 0.489 e. The number of ether oxygens (including phenoxy) is 1. The highest BCUT2D eigenvalue weighted by atomic mass is 16.5. The van der Waals surface area contributed by atoms with Crippen LogP contribution in [0.25, 0.3) is 0 Å². The molecule has 3 nitrogen and oxygen atoms in total. The highest BCUT2D eigenvalue weighted by Gasteiger charge is 2.04. The van der Waals surface area contributed by atoms with Crippen LogP contribution in [0, 0.1) is 6.92 Å². The molecule has 0 amide bonds. The number of aryl methyl sites for hydroxylation is 1. The van der Waals surface area contributed by atoms with Gasteiger partial charge in [-0.15, -0.1) is 6.58 Å². The highest BCUT2D eigenvalue weighted by Crippen LogP contribution is 2.11. The Labute approximate surface area is 158 Å². The van der Waals surface area contributed by atoms with E-state index in [-0.39, 0.29) is 6.04 Å². The normalized spacial score (nSPS) is 11.2. The van der Waals surface area contributed by atoms with Crippen molar-refractivity contribution in [2.45, 2.75) is 32.7 Å². The molecule has 1 rings (SSSR count). The minimum absolute atomic E-state index is 0.231. The standard InChI is InChI=1S/C23H30N2O/c1-6-8-9-10-15-23(12-7-2)26-17-16-20(4)24-21(5)25-22-14-11-13-19(3)18-22/h6-11,13-14,18,20,24-25H,1-2,5,12,16-17H2,3-4H3/b9-8-. The summed E-state index contributed by atoms with van der Waals surface area (Å²) in [4.78, 5) is 0. The van der Waals surface area contributed by atoms with E-state index in [2.05, 4.69) is 62.1 Å². The van der Waals surface area contributed by atoms with Crippen molar-refractivity contribution >= 4 is 5.69 Å². The number of anilines is 1. The molecule has 0 bridgehead atoms. The first-order valence-electron chi connectivity index (χ1n) is 8.81. The van der Waals surface area contributed by atoms with Gasteiger partial charge in [0.2, 0.25) is 0 Å². The zero-order valence-electron chi connectivity index (χ0n) is 15.9. The first-order valence-corrected chi connectivity index (χ1v) is 8.81. The maximum Gasteiger partial charge on any atom is 0.142 e. The van der Waals surface area contributed by atoms with Crippen molar-refractivity contribution in [2.24, 2.45) is 0 Å². The second-order valence-corrected chi connectivity index (χ2v) is 6.00. The van der Waals surface area contributed by atoms with Gasteiger partial charge in [-0.2, -0.15) is 0 Å². The van der Waals surface area contributed by atoms with E-state index in [4.69, 9.17) is 4.74 Å². The van der Waals surface area contributed by atoms with Gasteiger partial charge in [-0.1, -0.05) is 55.3 Å². The Morgan fingerprint density at radius 3 is 2.81 bits per heavy atom. The smallest absolute Gasteiger partial charge is 0.142 e. The molecule has 1 aromatic carbocycles. The first kappa shape index (κ1) is 21.1. The lowest BCUT2D eigenvalue weighted by Gasteiger charge is -2.19. The van der Waals surface area contributed by atoms with Gasteiger partial charge in [0.05, 0.1) is 12.4 Å². The molecule has 1 aromatic rings. The van der Waals surface area contributed by atoms with Gasteiger partial charge in [-0.3, -0.25) is 0 Å². The molecule has 26 heavy (non-hydrogen) atoms. The van der Waals surface area contributed by atoms with Gasteiger partial charge in [0.1, 0.15) is 5.76 Å². The lowest BCUT2D eigenvalue weighted by atomic mass is 10.2. The molecule has 0 aliphatic rings. The lowest BCUT2D eigenvalue weighted by Crippen LogP contribution is -2.29. The monoisotopic (exact) mass is 350 g/mol. The summed E-state index contributed by atoms with van der Waals surface area (Å²) in [6, 6.07) is 8.42. The second kappa shape index (κ2) is 12.5. The number of benzene rings is 1. The maximum absolute atomic E-state index is 5.80. The van der Waals surface area contributed by atoms with Crippen LogP contribution in [0.2, 0.25) is 0 Å². The molecule has 1 atom stereocenters. The van der Waals surface area contributed by atoms with Crippen LogP contribution >= 0.6 is 0 Å². The van der Waals surface area contributed by atoms with Gasteiger partial charge in [0, 0.05) is 24.6 Å². The fraction of sp³-hybridized carbons (Fsp3) is 0.261. The molecule has 138 valence electrons. The summed E-state index contributed by atoms with van der Waals surface area (Å²) in [5.41, 5.74) is 5.36. The highest BCUT2D eigenvalue weighted by molar-refractivity contribution is 5.49. The van der Waals surface area contributed by atoms with E-state index in [1.165, 1.54) is 5.56 Å². The van der Waals surface area contributed by atoms with Crippen LogP contribution < -0.4 is 10.6 Å². The summed E-state index contributed by atoms with van der Waals surface area (Å²) < 4.78 is 5.80. The minimum atomic E-state index is 0.231. The molecule has 0 saturated heterocycles. The van der Waals surface area contributed by atoms with Crippen molar-refractivity contribution in [3.63, 3.8) is 0 Å². The van der Waals surface area contributed by atoms with Crippen molar-refractivity contribution in [3.05, 3.63) is 97.3 Å². The van der Waals surface area contributed by atoms with Crippen LogP contribution in [-0.2, 0) is 4.74 Å². The minimum Gasteiger partial charge on any atom is -0.489 e. The third kappa shape index (κ3) is 9.41. The van der Waals surface area contributed by atoms with E-state index in [1.54, 1.807) is 6.08 Å². The number of rotatable bonds is 12. The van der Waals surface area contributed by atoms with E-state index >= 15 is 0 Å². The van der Waals surface area contributed by atoms with Gasteiger partial charge in [-0.25, -0.2) is 0 Å². The van der Waals surface area contributed by atoms with E-state index < -0.39 is 0 Å². The molecular formula is C23H30N2O. The molecule has 0 heterocycles. The molecule has 0 aromatic heterocycles. The molecule has 0 spiro atoms. The zero-order chi connectivity index (χ0) is 19.2. The Hall–Kier alpha value is -2.90. The lowest BCUT2D eigenvalue weighted by molar-refractivity contribution is 0.196. The molecule has 0 aliphatic carbocycles. The van der Waals surface area contributed by atoms with E-state index in [1.807, 2.05) is 36.4 Å². The predicted molar refractivity (Wildman–Crippen MR) is 113 cm³/mol. The van der Waals surface area contributed by atoms with Crippen molar-refractivity contribution in [3.8, 4) is 0 Å². The van der Waals surface area contributed by atoms with Gasteiger partial charge in [0.25, 0.3) is 0 Å². The van der Waals surface area contributed by atoms with Gasteiger partial charge in [0.15, 0.2) is 0 Å². The Kier molecular flexibility index (Phi) is 10.1. The summed E-state index contributed by atoms with van der Waals surface area (Å²) in [5.74, 6) is 1.55. The van der Waals surface area contributed by atoms with E-state index in [9.17, 15) is 0 Å². The van der Waals surface area contributed by atoms with E-state index in [0.717, 1.165) is 23.7 Å². The van der Waals surface area contributed by atoms with Crippen molar-refractivity contribution in [1.82, 2.24) is 5.32 Å². The average Bonchev–Trinajstić information content (AvgIpc) is 2.58. The Morgan fingerprint density at radius 1 is 1.31 bits per heavy atom. The fourth-order valence-electron chi connectivity index (χ4n) is 2.23. The summed E-state index contributed by atoms with van der Waals surface area (Å²) >= 11 is 0. The first-order chi connectivity index (χ1) is 12.5. The molecule has 0 saturated carbocycles.